The maximum atomic E-state index is 14.0. The number of ether oxygens (including phenoxy) is 1. The molecule has 0 bridgehead atoms. The zero-order chi connectivity index (χ0) is 19.7. The Morgan fingerprint density at radius 3 is 2.81 bits per heavy atom. The zero-order valence-electron chi connectivity index (χ0n) is 17.3. The Kier molecular flexibility index (Phi) is 7.75. The van der Waals surface area contributed by atoms with Gasteiger partial charge in [0.2, 0.25) is 0 Å². The summed E-state index contributed by atoms with van der Waals surface area (Å²) in [6.45, 7) is 4.88. The third-order valence-corrected chi connectivity index (χ3v) is 6.20. The molecule has 168 valence electrons. The molecular formula is C22H28Cl2FN5O. The highest BCUT2D eigenvalue weighted by Gasteiger charge is 2.36. The highest BCUT2D eigenvalue weighted by Crippen LogP contribution is 2.38. The number of rotatable bonds is 4. The molecule has 3 aromatic rings. The third-order valence-electron chi connectivity index (χ3n) is 6.20. The maximum Gasteiger partial charge on any atom is 0.160 e. The van der Waals surface area contributed by atoms with Gasteiger partial charge in [0.1, 0.15) is 11.5 Å². The van der Waals surface area contributed by atoms with Gasteiger partial charge >= 0.3 is 0 Å². The molecule has 0 amide bonds. The number of nitrogens with zero attached hydrogens (tertiary/aromatic N) is 4. The van der Waals surface area contributed by atoms with E-state index in [1.807, 2.05) is 18.5 Å². The smallest absolute Gasteiger partial charge is 0.160 e. The molecule has 1 N–H and O–H groups in total. The molecule has 2 aromatic heterocycles. The van der Waals surface area contributed by atoms with Crippen LogP contribution in [0.2, 0.25) is 0 Å². The fourth-order valence-electron chi connectivity index (χ4n) is 4.59. The number of hydrogen-bond acceptors (Lipinski definition) is 4. The van der Waals surface area contributed by atoms with E-state index in [-0.39, 0.29) is 36.0 Å². The molecule has 9 heteroatoms. The fourth-order valence-corrected chi connectivity index (χ4v) is 4.59. The van der Waals surface area contributed by atoms with Gasteiger partial charge in [0.25, 0.3) is 0 Å². The minimum atomic E-state index is -0.190. The number of benzene rings is 1. The van der Waals surface area contributed by atoms with Crippen molar-refractivity contribution in [2.45, 2.75) is 44.3 Å². The van der Waals surface area contributed by atoms with E-state index in [0.29, 0.717) is 13.2 Å². The molecule has 1 fully saturated rings. The number of imidazole rings is 1. The van der Waals surface area contributed by atoms with Crippen molar-refractivity contribution in [2.75, 3.05) is 19.8 Å². The van der Waals surface area contributed by atoms with Crippen molar-refractivity contribution in [1.29, 1.82) is 0 Å². The third kappa shape index (κ3) is 4.80. The average molecular weight is 468 g/mol. The molecule has 0 spiro atoms. The molecule has 2 aliphatic heterocycles. The van der Waals surface area contributed by atoms with Crippen molar-refractivity contribution in [3.05, 3.63) is 59.8 Å². The topological polar surface area (TPSA) is 56.9 Å². The highest BCUT2D eigenvalue weighted by molar-refractivity contribution is 5.85. The second-order valence-electron chi connectivity index (χ2n) is 8.06. The van der Waals surface area contributed by atoms with E-state index in [2.05, 4.69) is 25.6 Å². The second kappa shape index (κ2) is 10.1. The van der Waals surface area contributed by atoms with Crippen molar-refractivity contribution in [1.82, 2.24) is 24.6 Å². The lowest BCUT2D eigenvalue weighted by Crippen LogP contribution is -2.38. The Morgan fingerprint density at radius 2 is 2.00 bits per heavy atom. The fraction of sp³-hybridized carbons (Fsp3) is 0.455. The van der Waals surface area contributed by atoms with E-state index in [9.17, 15) is 4.39 Å². The number of nitrogens with one attached hydrogen (secondary N) is 1. The molecule has 5 rings (SSSR count). The summed E-state index contributed by atoms with van der Waals surface area (Å²) in [4.78, 5) is 4.62. The van der Waals surface area contributed by atoms with E-state index >= 15 is 0 Å². The Morgan fingerprint density at radius 1 is 1.16 bits per heavy atom. The van der Waals surface area contributed by atoms with Crippen LogP contribution < -0.4 is 5.32 Å². The normalized spacial score (nSPS) is 17.7. The number of hydrogen-bond donors (Lipinski definition) is 1. The summed E-state index contributed by atoms with van der Waals surface area (Å²) in [5.41, 5.74) is 2.95. The number of aromatic nitrogens is 4. The lowest BCUT2D eigenvalue weighted by Gasteiger charge is -2.38. The van der Waals surface area contributed by atoms with Gasteiger partial charge in [-0.25, -0.2) is 9.37 Å². The van der Waals surface area contributed by atoms with Crippen LogP contribution in [-0.4, -0.2) is 39.1 Å². The first-order valence-corrected chi connectivity index (χ1v) is 10.4. The Hall–Kier alpha value is -1.93. The molecule has 0 unspecified atom stereocenters. The first kappa shape index (κ1) is 23.7. The molecule has 0 aliphatic carbocycles. The molecule has 31 heavy (non-hydrogen) atoms. The maximum absolute atomic E-state index is 14.0. The summed E-state index contributed by atoms with van der Waals surface area (Å²) >= 11 is 0. The molecule has 1 aromatic carbocycles. The average Bonchev–Trinajstić information content (AvgIpc) is 3.29. The van der Waals surface area contributed by atoms with E-state index in [1.54, 1.807) is 12.1 Å². The van der Waals surface area contributed by atoms with E-state index in [0.717, 1.165) is 62.5 Å². The Bertz CT molecular complexity index is 976. The van der Waals surface area contributed by atoms with Gasteiger partial charge in [-0.3, -0.25) is 4.68 Å². The quantitative estimate of drug-likeness (QED) is 0.630. The van der Waals surface area contributed by atoms with Crippen LogP contribution in [0.4, 0.5) is 4.39 Å². The molecule has 0 atom stereocenters. The molecule has 0 radical (unpaired) electrons. The van der Waals surface area contributed by atoms with Gasteiger partial charge < -0.3 is 14.6 Å². The summed E-state index contributed by atoms with van der Waals surface area (Å²) in [7, 11) is 0. The van der Waals surface area contributed by atoms with Crippen LogP contribution in [0.15, 0.2) is 42.7 Å². The summed E-state index contributed by atoms with van der Waals surface area (Å²) < 4.78 is 23.9. The highest BCUT2D eigenvalue weighted by atomic mass is 35.5. The van der Waals surface area contributed by atoms with Gasteiger partial charge in [0, 0.05) is 50.7 Å². The first-order valence-electron chi connectivity index (χ1n) is 10.4. The SMILES string of the molecule is Cl.Cl.Fc1cccc(C2(Cn3ccnc3-c3cc4n(n3)CCCNC4)CCOCC2)c1. The molecule has 4 heterocycles. The van der Waals surface area contributed by atoms with Crippen molar-refractivity contribution < 1.29 is 9.13 Å². The van der Waals surface area contributed by atoms with Gasteiger partial charge in [0.15, 0.2) is 5.82 Å². The zero-order valence-corrected chi connectivity index (χ0v) is 18.9. The Balaban J connectivity index is 0.00000136. The van der Waals surface area contributed by atoms with Gasteiger partial charge in [-0.2, -0.15) is 5.10 Å². The number of aryl methyl sites for hydroxylation is 1. The molecule has 6 nitrogen and oxygen atoms in total. The first-order chi connectivity index (χ1) is 14.2. The molecule has 1 saturated heterocycles. The van der Waals surface area contributed by atoms with Crippen LogP contribution in [0.3, 0.4) is 0 Å². The molecule has 0 saturated carbocycles. The van der Waals surface area contributed by atoms with Crippen LogP contribution in [0.25, 0.3) is 11.5 Å². The van der Waals surface area contributed by atoms with Gasteiger partial charge in [-0.1, -0.05) is 12.1 Å². The molecule has 2 aliphatic rings. The van der Waals surface area contributed by atoms with E-state index in [1.165, 1.54) is 11.8 Å². The van der Waals surface area contributed by atoms with Crippen molar-refractivity contribution in [2.24, 2.45) is 0 Å². The van der Waals surface area contributed by atoms with Crippen LogP contribution in [0.5, 0.6) is 0 Å². The van der Waals surface area contributed by atoms with Crippen molar-refractivity contribution >= 4 is 24.8 Å². The standard InChI is InChI=1S/C22H26FN5O.2ClH/c23-18-4-1-3-17(13-18)22(5-11-29-12-6-22)16-27-10-8-25-21(27)20-14-19-15-24-7-2-9-28(19)26-20;;/h1,3-4,8,10,13-14,24H,2,5-7,9,11-12,15-16H2;2*1H. The van der Waals surface area contributed by atoms with Gasteiger partial charge in [0.05, 0.1) is 5.69 Å². The summed E-state index contributed by atoms with van der Waals surface area (Å²) in [6.07, 6.45) is 6.63. The second-order valence-corrected chi connectivity index (χ2v) is 8.06. The predicted octanol–water partition coefficient (Wildman–Crippen LogP) is 3.97. The summed E-state index contributed by atoms with van der Waals surface area (Å²) in [5.74, 6) is 0.678. The monoisotopic (exact) mass is 467 g/mol. The van der Waals surface area contributed by atoms with Gasteiger partial charge in [-0.05, 0) is 49.6 Å². The van der Waals surface area contributed by atoms with E-state index in [4.69, 9.17) is 9.84 Å². The van der Waals surface area contributed by atoms with Gasteiger partial charge in [-0.15, -0.1) is 24.8 Å². The van der Waals surface area contributed by atoms with Crippen molar-refractivity contribution in [3.8, 4) is 11.5 Å². The number of halogens is 3. The number of fused-ring (bicyclic) bond motifs is 1. The minimum Gasteiger partial charge on any atom is -0.381 e. The van der Waals surface area contributed by atoms with Crippen LogP contribution in [0, 0.1) is 5.82 Å². The summed E-state index contributed by atoms with van der Waals surface area (Å²) in [5, 5.41) is 8.26. The lowest BCUT2D eigenvalue weighted by molar-refractivity contribution is 0.0435. The van der Waals surface area contributed by atoms with Crippen LogP contribution >= 0.6 is 24.8 Å². The van der Waals surface area contributed by atoms with E-state index < -0.39 is 0 Å². The van der Waals surface area contributed by atoms with Crippen LogP contribution in [0.1, 0.15) is 30.5 Å². The molecular weight excluding hydrogens is 440 g/mol. The predicted molar refractivity (Wildman–Crippen MR) is 122 cm³/mol. The largest absolute Gasteiger partial charge is 0.381 e. The Labute approximate surface area is 194 Å². The lowest BCUT2D eigenvalue weighted by atomic mass is 9.74. The minimum absolute atomic E-state index is 0. The van der Waals surface area contributed by atoms with Crippen molar-refractivity contribution in [3.63, 3.8) is 0 Å². The summed E-state index contributed by atoms with van der Waals surface area (Å²) in [6, 6.07) is 9.15. The van der Waals surface area contributed by atoms with Crippen LogP contribution in [-0.2, 0) is 29.8 Å².